The molecule has 0 unspecified atom stereocenters. The monoisotopic (exact) mass is 405 g/mol. The van der Waals surface area contributed by atoms with Gasteiger partial charge in [-0.15, -0.1) is 0 Å². The Balaban J connectivity index is 1.98. The molecule has 0 aliphatic heterocycles. The van der Waals surface area contributed by atoms with Gasteiger partial charge in [-0.05, 0) is 48.1 Å². The number of sulfonamides is 1. The molecule has 0 aliphatic rings. The first kappa shape index (κ1) is 20.8. The molecule has 0 aliphatic carbocycles. The summed E-state index contributed by atoms with van der Waals surface area (Å²) in [7, 11) is 3.43. The zero-order valence-electron chi connectivity index (χ0n) is 15.7. The van der Waals surface area contributed by atoms with Crippen molar-refractivity contribution in [2.24, 2.45) is 5.10 Å². The fourth-order valence-electron chi connectivity index (χ4n) is 2.13. The number of rotatable bonds is 6. The lowest BCUT2D eigenvalue weighted by atomic mass is 10.2. The number of benzene rings is 2. The number of nitrogens with zero attached hydrogens (tertiary/aromatic N) is 3. The van der Waals surface area contributed by atoms with Crippen molar-refractivity contribution < 1.29 is 8.42 Å². The van der Waals surface area contributed by atoms with Crippen LogP contribution in [0.4, 0.5) is 11.4 Å². The Morgan fingerprint density at radius 3 is 2.33 bits per heavy atom. The number of nitrogens with one attached hydrogen (secondary N) is 2. The van der Waals surface area contributed by atoms with Crippen LogP contribution in [0.2, 0.25) is 0 Å². The second-order valence-corrected chi connectivity index (χ2v) is 8.69. The van der Waals surface area contributed by atoms with Gasteiger partial charge in [0.05, 0.1) is 11.1 Å². The van der Waals surface area contributed by atoms with Crippen LogP contribution in [0.15, 0.2) is 58.5 Å². The highest BCUT2D eigenvalue weighted by Crippen LogP contribution is 2.17. The lowest BCUT2D eigenvalue weighted by Gasteiger charge is -2.13. The second-order valence-electron chi connectivity index (χ2n) is 6.13. The van der Waals surface area contributed by atoms with Gasteiger partial charge in [0.1, 0.15) is 0 Å². The van der Waals surface area contributed by atoms with Gasteiger partial charge in [-0.3, -0.25) is 5.43 Å². The molecule has 0 aromatic heterocycles. The number of hydrazone groups is 1. The molecule has 2 aromatic carbocycles. The van der Waals surface area contributed by atoms with Crippen LogP contribution >= 0.6 is 12.2 Å². The van der Waals surface area contributed by atoms with E-state index in [4.69, 9.17) is 12.2 Å². The second kappa shape index (κ2) is 8.94. The number of hydrogen-bond donors (Lipinski definition) is 2. The third-order valence-corrected chi connectivity index (χ3v) is 5.66. The minimum Gasteiger partial charge on any atom is -0.378 e. The highest BCUT2D eigenvalue weighted by atomic mass is 32.2. The van der Waals surface area contributed by atoms with Crippen molar-refractivity contribution in [2.45, 2.75) is 4.90 Å². The van der Waals surface area contributed by atoms with Crippen LogP contribution in [0.3, 0.4) is 0 Å². The van der Waals surface area contributed by atoms with Crippen molar-refractivity contribution in [3.05, 3.63) is 54.1 Å². The van der Waals surface area contributed by atoms with Gasteiger partial charge in [-0.2, -0.15) is 5.10 Å². The van der Waals surface area contributed by atoms with E-state index in [9.17, 15) is 8.42 Å². The first-order valence-electron chi connectivity index (χ1n) is 8.10. The SMILES string of the molecule is CN(C)c1ccc(C=NNC(=S)Nc2cccc(S(=O)(=O)N(C)C)c2)cc1. The molecule has 0 fully saturated rings. The van der Waals surface area contributed by atoms with Crippen molar-refractivity contribution in [2.75, 3.05) is 38.4 Å². The summed E-state index contributed by atoms with van der Waals surface area (Å²) in [6, 6.07) is 14.3. The van der Waals surface area contributed by atoms with E-state index in [-0.39, 0.29) is 10.0 Å². The van der Waals surface area contributed by atoms with Gasteiger partial charge in [-0.25, -0.2) is 12.7 Å². The molecule has 0 atom stereocenters. The number of anilines is 2. The summed E-state index contributed by atoms with van der Waals surface area (Å²) in [6.45, 7) is 0. The molecule has 0 bridgehead atoms. The molecule has 0 saturated carbocycles. The standard InChI is InChI=1S/C18H23N5O2S2/c1-22(2)16-10-8-14(9-11-16)13-19-21-18(26)20-15-6-5-7-17(12-15)27(24,25)23(3)4/h5-13H,1-4H3,(H2,20,21,26). The Labute approximate surface area is 165 Å². The average molecular weight is 406 g/mol. The molecule has 0 spiro atoms. The van der Waals surface area contributed by atoms with Gasteiger partial charge >= 0.3 is 0 Å². The lowest BCUT2D eigenvalue weighted by molar-refractivity contribution is 0.521. The van der Waals surface area contributed by atoms with E-state index in [1.165, 1.54) is 26.2 Å². The third kappa shape index (κ3) is 5.75. The van der Waals surface area contributed by atoms with Crippen LogP contribution in [-0.4, -0.2) is 52.2 Å². The van der Waals surface area contributed by atoms with Crippen LogP contribution in [-0.2, 0) is 10.0 Å². The molecule has 2 aromatic rings. The molecule has 2 N–H and O–H groups in total. The number of thiocarbonyl (C=S) groups is 1. The molecule has 27 heavy (non-hydrogen) atoms. The Kier molecular flexibility index (Phi) is 6.89. The first-order chi connectivity index (χ1) is 12.7. The Morgan fingerprint density at radius 2 is 1.74 bits per heavy atom. The molecule has 2 rings (SSSR count). The average Bonchev–Trinajstić information content (AvgIpc) is 2.62. The fourth-order valence-corrected chi connectivity index (χ4v) is 3.25. The van der Waals surface area contributed by atoms with Crippen LogP contribution in [0.25, 0.3) is 0 Å². The molecule has 9 heteroatoms. The highest BCUT2D eigenvalue weighted by molar-refractivity contribution is 7.89. The third-order valence-electron chi connectivity index (χ3n) is 3.66. The van der Waals surface area contributed by atoms with E-state index in [1.807, 2.05) is 43.3 Å². The maximum Gasteiger partial charge on any atom is 0.242 e. The van der Waals surface area contributed by atoms with Gasteiger partial charge in [-0.1, -0.05) is 18.2 Å². The maximum absolute atomic E-state index is 12.2. The minimum atomic E-state index is -3.50. The van der Waals surface area contributed by atoms with E-state index in [1.54, 1.807) is 18.3 Å². The zero-order chi connectivity index (χ0) is 20.0. The van der Waals surface area contributed by atoms with Crippen LogP contribution in [0, 0.1) is 0 Å². The molecule has 0 radical (unpaired) electrons. The van der Waals surface area contributed by atoms with E-state index in [2.05, 4.69) is 15.8 Å². The van der Waals surface area contributed by atoms with E-state index in [0.717, 1.165) is 15.6 Å². The summed E-state index contributed by atoms with van der Waals surface area (Å²) in [6.07, 6.45) is 1.65. The molecular formula is C18H23N5O2S2. The van der Waals surface area contributed by atoms with Crippen molar-refractivity contribution in [1.29, 1.82) is 0 Å². The smallest absolute Gasteiger partial charge is 0.242 e. The number of hydrogen-bond acceptors (Lipinski definition) is 5. The summed E-state index contributed by atoms with van der Waals surface area (Å²) < 4.78 is 25.5. The summed E-state index contributed by atoms with van der Waals surface area (Å²) >= 11 is 5.19. The van der Waals surface area contributed by atoms with Gasteiger partial charge in [0, 0.05) is 39.6 Å². The van der Waals surface area contributed by atoms with Crippen molar-refractivity contribution in [1.82, 2.24) is 9.73 Å². The molecule has 144 valence electrons. The molecule has 7 nitrogen and oxygen atoms in total. The van der Waals surface area contributed by atoms with Gasteiger partial charge in [0.2, 0.25) is 10.0 Å². The molecule has 0 saturated heterocycles. The Hall–Kier alpha value is -2.49. The fraction of sp³-hybridized carbons (Fsp3) is 0.222. The summed E-state index contributed by atoms with van der Waals surface area (Å²) in [5.41, 5.74) is 5.30. The largest absolute Gasteiger partial charge is 0.378 e. The Bertz CT molecular complexity index is 923. The Morgan fingerprint density at radius 1 is 1.07 bits per heavy atom. The first-order valence-corrected chi connectivity index (χ1v) is 9.95. The lowest BCUT2D eigenvalue weighted by Crippen LogP contribution is -2.25. The quantitative estimate of drug-likeness (QED) is 0.436. The summed E-state index contributed by atoms with van der Waals surface area (Å²) in [5, 5.41) is 7.27. The van der Waals surface area contributed by atoms with Crippen molar-refractivity contribution >= 4 is 44.9 Å². The zero-order valence-corrected chi connectivity index (χ0v) is 17.3. The molecule has 0 heterocycles. The van der Waals surface area contributed by atoms with Crippen molar-refractivity contribution in [3.63, 3.8) is 0 Å². The van der Waals surface area contributed by atoms with Gasteiger partial charge < -0.3 is 10.2 Å². The molecular weight excluding hydrogens is 382 g/mol. The summed E-state index contributed by atoms with van der Waals surface area (Å²) in [4.78, 5) is 2.20. The topological polar surface area (TPSA) is 77.0 Å². The molecule has 0 amide bonds. The minimum absolute atomic E-state index is 0.185. The highest BCUT2D eigenvalue weighted by Gasteiger charge is 2.17. The van der Waals surface area contributed by atoms with Gasteiger partial charge in [0.15, 0.2) is 5.11 Å². The predicted octanol–water partition coefficient (Wildman–Crippen LogP) is 2.32. The van der Waals surface area contributed by atoms with Gasteiger partial charge in [0.25, 0.3) is 0 Å². The maximum atomic E-state index is 12.2. The van der Waals surface area contributed by atoms with Crippen LogP contribution in [0.1, 0.15) is 5.56 Å². The van der Waals surface area contributed by atoms with Crippen molar-refractivity contribution in [3.8, 4) is 0 Å². The van der Waals surface area contributed by atoms with E-state index in [0.29, 0.717) is 5.69 Å². The van der Waals surface area contributed by atoms with Crippen LogP contribution < -0.4 is 15.6 Å². The van der Waals surface area contributed by atoms with E-state index < -0.39 is 10.0 Å². The predicted molar refractivity (Wildman–Crippen MR) is 115 cm³/mol. The normalized spacial score (nSPS) is 11.6. The summed E-state index contributed by atoms with van der Waals surface area (Å²) in [5.74, 6) is 0. The van der Waals surface area contributed by atoms with Crippen LogP contribution in [0.5, 0.6) is 0 Å². The van der Waals surface area contributed by atoms with E-state index >= 15 is 0 Å².